The molecule has 1 rings (SSSR count). The van der Waals surface area contributed by atoms with Crippen LogP contribution in [0, 0.1) is 10.1 Å². The van der Waals surface area contributed by atoms with Crippen molar-refractivity contribution in [1.82, 2.24) is 0 Å². The zero-order chi connectivity index (χ0) is 14.4. The summed E-state index contributed by atoms with van der Waals surface area (Å²) in [5.74, 6) is -1.69. The molecule has 3 N–H and O–H groups in total. The Kier molecular flexibility index (Phi) is 4.95. The SMILES string of the molecule is N[C@@H](CCC(=O)Oc1ccc([N+](=O)[O-])cc1)C(=O)O. The number of nitrogens with two attached hydrogens (primary N) is 1. The van der Waals surface area contributed by atoms with E-state index >= 15 is 0 Å². The van der Waals surface area contributed by atoms with E-state index in [1.165, 1.54) is 24.3 Å². The maximum atomic E-state index is 11.4. The summed E-state index contributed by atoms with van der Waals surface area (Å²) in [5, 5.41) is 18.9. The van der Waals surface area contributed by atoms with Crippen LogP contribution in [0.25, 0.3) is 0 Å². The molecule has 1 aromatic carbocycles. The van der Waals surface area contributed by atoms with E-state index in [0.29, 0.717) is 0 Å². The number of carbonyl (C=O) groups is 2. The maximum Gasteiger partial charge on any atom is 0.320 e. The lowest BCUT2D eigenvalue weighted by atomic mass is 10.2. The summed E-state index contributed by atoms with van der Waals surface area (Å²) in [4.78, 5) is 31.6. The molecule has 0 radical (unpaired) electrons. The number of hydrogen-bond donors (Lipinski definition) is 2. The molecule has 0 heterocycles. The van der Waals surface area contributed by atoms with E-state index < -0.39 is 22.9 Å². The first kappa shape index (κ1) is 14.6. The number of aliphatic carboxylic acids is 1. The van der Waals surface area contributed by atoms with Crippen LogP contribution >= 0.6 is 0 Å². The Balaban J connectivity index is 2.48. The topological polar surface area (TPSA) is 133 Å². The maximum absolute atomic E-state index is 11.4. The average molecular weight is 268 g/mol. The number of carbonyl (C=O) groups excluding carboxylic acids is 1. The van der Waals surface area contributed by atoms with Gasteiger partial charge in [0.15, 0.2) is 0 Å². The highest BCUT2D eigenvalue weighted by Gasteiger charge is 2.15. The van der Waals surface area contributed by atoms with Crippen molar-refractivity contribution in [3.8, 4) is 5.75 Å². The van der Waals surface area contributed by atoms with Gasteiger partial charge in [-0.25, -0.2) is 0 Å². The zero-order valence-electron chi connectivity index (χ0n) is 9.81. The molecule has 0 saturated carbocycles. The summed E-state index contributed by atoms with van der Waals surface area (Å²) in [6.45, 7) is 0. The van der Waals surface area contributed by atoms with Crippen molar-refractivity contribution < 1.29 is 24.4 Å². The molecule has 1 aromatic rings. The van der Waals surface area contributed by atoms with Gasteiger partial charge in [-0.05, 0) is 18.6 Å². The summed E-state index contributed by atoms with van der Waals surface area (Å²) >= 11 is 0. The number of carboxylic acid groups (broad SMARTS) is 1. The number of hydrogen-bond acceptors (Lipinski definition) is 6. The van der Waals surface area contributed by atoms with Crippen molar-refractivity contribution >= 4 is 17.6 Å². The van der Waals surface area contributed by atoms with Crippen LogP contribution in [-0.4, -0.2) is 28.0 Å². The van der Waals surface area contributed by atoms with Crippen LogP contribution in [0.2, 0.25) is 0 Å². The van der Waals surface area contributed by atoms with Gasteiger partial charge >= 0.3 is 11.9 Å². The number of carboxylic acids is 1. The lowest BCUT2D eigenvalue weighted by Gasteiger charge is -2.06. The van der Waals surface area contributed by atoms with E-state index in [4.69, 9.17) is 15.6 Å². The van der Waals surface area contributed by atoms with Crippen molar-refractivity contribution in [1.29, 1.82) is 0 Å². The second kappa shape index (κ2) is 6.45. The molecule has 102 valence electrons. The molecule has 0 aliphatic rings. The molecule has 0 aromatic heterocycles. The quantitative estimate of drug-likeness (QED) is 0.335. The van der Waals surface area contributed by atoms with Crippen molar-refractivity contribution in [2.75, 3.05) is 0 Å². The number of benzene rings is 1. The number of nitro groups is 1. The third kappa shape index (κ3) is 4.72. The van der Waals surface area contributed by atoms with Crippen molar-refractivity contribution in [3.63, 3.8) is 0 Å². The number of ether oxygens (including phenoxy) is 1. The molecular formula is C11H12N2O6. The standard InChI is InChI=1S/C11H12N2O6/c12-9(11(15)16)5-6-10(14)19-8-3-1-7(2-4-8)13(17)18/h1-4,9H,5-6,12H2,(H,15,16)/t9-/m0/s1. The summed E-state index contributed by atoms with van der Waals surface area (Å²) in [5.41, 5.74) is 5.11. The minimum Gasteiger partial charge on any atom is -0.480 e. The Morgan fingerprint density at radius 2 is 1.95 bits per heavy atom. The fourth-order valence-electron chi connectivity index (χ4n) is 1.22. The molecule has 19 heavy (non-hydrogen) atoms. The highest BCUT2D eigenvalue weighted by molar-refractivity contribution is 5.76. The number of esters is 1. The number of rotatable bonds is 6. The van der Waals surface area contributed by atoms with Gasteiger partial charge < -0.3 is 15.6 Å². The predicted molar refractivity (Wildman–Crippen MR) is 63.6 cm³/mol. The molecule has 0 saturated heterocycles. The van der Waals surface area contributed by atoms with Crippen LogP contribution in [-0.2, 0) is 9.59 Å². The van der Waals surface area contributed by atoms with Crippen LogP contribution in [0.3, 0.4) is 0 Å². The van der Waals surface area contributed by atoms with Crippen molar-refractivity contribution in [2.24, 2.45) is 5.73 Å². The van der Waals surface area contributed by atoms with Gasteiger partial charge in [-0.2, -0.15) is 0 Å². The van der Waals surface area contributed by atoms with E-state index in [1.807, 2.05) is 0 Å². The van der Waals surface area contributed by atoms with Gasteiger partial charge in [0, 0.05) is 18.6 Å². The highest BCUT2D eigenvalue weighted by atomic mass is 16.6. The Hall–Kier alpha value is -2.48. The summed E-state index contributed by atoms with van der Waals surface area (Å²) in [6.07, 6.45) is -0.189. The molecule has 0 amide bonds. The third-order valence-electron chi connectivity index (χ3n) is 2.26. The molecule has 0 unspecified atom stereocenters. The zero-order valence-corrected chi connectivity index (χ0v) is 9.81. The fourth-order valence-corrected chi connectivity index (χ4v) is 1.22. The Bertz CT molecular complexity index is 484. The van der Waals surface area contributed by atoms with E-state index in [1.54, 1.807) is 0 Å². The number of nitrogens with zero attached hydrogens (tertiary/aromatic N) is 1. The van der Waals surface area contributed by atoms with Crippen molar-refractivity contribution in [3.05, 3.63) is 34.4 Å². The lowest BCUT2D eigenvalue weighted by Crippen LogP contribution is -2.31. The molecule has 0 aliphatic heterocycles. The van der Waals surface area contributed by atoms with Crippen LogP contribution in [0.15, 0.2) is 24.3 Å². The molecule has 8 heteroatoms. The second-order valence-corrected chi connectivity index (χ2v) is 3.71. The van der Waals surface area contributed by atoms with E-state index in [9.17, 15) is 19.7 Å². The Morgan fingerprint density at radius 3 is 2.42 bits per heavy atom. The van der Waals surface area contributed by atoms with Crippen LogP contribution in [0.1, 0.15) is 12.8 Å². The van der Waals surface area contributed by atoms with Gasteiger partial charge in [0.2, 0.25) is 0 Å². The first-order valence-electron chi connectivity index (χ1n) is 5.33. The van der Waals surface area contributed by atoms with Gasteiger partial charge in [-0.15, -0.1) is 0 Å². The van der Waals surface area contributed by atoms with Gasteiger partial charge in [0.1, 0.15) is 11.8 Å². The Labute approximate surface area is 107 Å². The fraction of sp³-hybridized carbons (Fsp3) is 0.273. The summed E-state index contributed by atoms with van der Waals surface area (Å²) in [6, 6.07) is 3.85. The smallest absolute Gasteiger partial charge is 0.320 e. The number of non-ortho nitro benzene ring substituents is 1. The van der Waals surface area contributed by atoms with Gasteiger partial charge in [-0.1, -0.05) is 0 Å². The van der Waals surface area contributed by atoms with Crippen LogP contribution in [0.5, 0.6) is 5.75 Å². The summed E-state index contributed by atoms with van der Waals surface area (Å²) < 4.78 is 4.87. The third-order valence-corrected chi connectivity index (χ3v) is 2.26. The molecule has 1 atom stereocenters. The first-order valence-corrected chi connectivity index (χ1v) is 5.33. The largest absolute Gasteiger partial charge is 0.480 e. The van der Waals surface area contributed by atoms with E-state index in [-0.39, 0.29) is 24.3 Å². The van der Waals surface area contributed by atoms with Gasteiger partial charge in [-0.3, -0.25) is 19.7 Å². The molecule has 0 aliphatic carbocycles. The van der Waals surface area contributed by atoms with E-state index in [2.05, 4.69) is 0 Å². The normalized spacial score (nSPS) is 11.6. The summed E-state index contributed by atoms with van der Waals surface area (Å²) in [7, 11) is 0. The minimum absolute atomic E-state index is 0.0405. The van der Waals surface area contributed by atoms with Crippen LogP contribution < -0.4 is 10.5 Å². The first-order chi connectivity index (χ1) is 8.90. The van der Waals surface area contributed by atoms with E-state index in [0.717, 1.165) is 0 Å². The molecule has 0 fully saturated rings. The molecular weight excluding hydrogens is 256 g/mol. The number of nitro benzene ring substituents is 1. The van der Waals surface area contributed by atoms with Gasteiger partial charge in [0.05, 0.1) is 4.92 Å². The Morgan fingerprint density at radius 1 is 1.37 bits per heavy atom. The molecule has 0 bridgehead atoms. The minimum atomic E-state index is -1.19. The van der Waals surface area contributed by atoms with Crippen molar-refractivity contribution in [2.45, 2.75) is 18.9 Å². The predicted octanol–water partition coefficient (Wildman–Crippen LogP) is 0.692. The lowest BCUT2D eigenvalue weighted by molar-refractivity contribution is -0.384. The molecule has 8 nitrogen and oxygen atoms in total. The molecule has 0 spiro atoms. The second-order valence-electron chi connectivity index (χ2n) is 3.71. The van der Waals surface area contributed by atoms with Gasteiger partial charge in [0.25, 0.3) is 5.69 Å². The highest BCUT2D eigenvalue weighted by Crippen LogP contribution is 2.17. The average Bonchev–Trinajstić information content (AvgIpc) is 2.36. The van der Waals surface area contributed by atoms with Crippen LogP contribution in [0.4, 0.5) is 5.69 Å². The monoisotopic (exact) mass is 268 g/mol.